The van der Waals surface area contributed by atoms with Crippen LogP contribution in [-0.4, -0.2) is 91.1 Å². The quantitative estimate of drug-likeness (QED) is 0.155. The number of ether oxygens (including phenoxy) is 2. The highest BCUT2D eigenvalue weighted by atomic mass is 31.2. The minimum absolute atomic E-state index is 0.0168. The van der Waals surface area contributed by atoms with Crippen molar-refractivity contribution < 1.29 is 46.9 Å². The number of nitrogens with zero attached hydrogens (tertiary/aromatic N) is 8. The Hall–Kier alpha value is -3.58. The van der Waals surface area contributed by atoms with E-state index in [1.807, 2.05) is 0 Å². The fraction of sp³-hybridized carbons (Fsp3) is 0.429. The number of hydrogen-bond acceptors (Lipinski definition) is 15. The van der Waals surface area contributed by atoms with E-state index in [-0.39, 0.29) is 29.2 Å². The van der Waals surface area contributed by atoms with Crippen LogP contribution in [-0.2, 0) is 27.7 Å². The molecule has 6 heterocycles. The Morgan fingerprint density at radius 1 is 1.07 bits per heavy atom. The van der Waals surface area contributed by atoms with Gasteiger partial charge in [-0.3, -0.25) is 18.2 Å². The number of aliphatic hydroxyl groups excluding tert-OH is 1. The van der Waals surface area contributed by atoms with Crippen molar-refractivity contribution in [3.63, 3.8) is 0 Å². The first-order valence-corrected chi connectivity index (χ1v) is 15.3. The maximum absolute atomic E-state index is 15.5. The molecule has 0 aliphatic carbocycles. The van der Waals surface area contributed by atoms with Crippen LogP contribution < -0.4 is 11.5 Å². The van der Waals surface area contributed by atoms with Crippen LogP contribution in [0.5, 0.6) is 0 Å². The smallest absolute Gasteiger partial charge is 0.394 e. The lowest BCUT2D eigenvalue weighted by Gasteiger charge is -2.19. The predicted molar refractivity (Wildman–Crippen MR) is 142 cm³/mol. The highest BCUT2D eigenvalue weighted by molar-refractivity contribution is 7.56. The summed E-state index contributed by atoms with van der Waals surface area (Å²) in [6.07, 6.45) is -3.44. The van der Waals surface area contributed by atoms with Crippen molar-refractivity contribution in [3.8, 4) is 0 Å². The molecule has 0 radical (unpaired) electrons. The average molecular weight is 641 g/mol. The van der Waals surface area contributed by atoms with E-state index in [0.717, 1.165) is 18.2 Å². The molecule has 22 heteroatoms. The maximum atomic E-state index is 15.5. The van der Waals surface area contributed by atoms with Gasteiger partial charge < -0.3 is 30.9 Å². The lowest BCUT2D eigenvalue weighted by atomic mass is 10.1. The molecule has 43 heavy (non-hydrogen) atoms. The van der Waals surface area contributed by atoms with Gasteiger partial charge in [0.1, 0.15) is 48.2 Å². The van der Waals surface area contributed by atoms with Crippen LogP contribution in [0.1, 0.15) is 18.9 Å². The number of nitrogen functional groups attached to an aromatic ring is 2. The van der Waals surface area contributed by atoms with Gasteiger partial charge in [-0.15, -0.1) is 9.42 Å². The van der Waals surface area contributed by atoms with E-state index in [1.54, 1.807) is 0 Å². The third kappa shape index (κ3) is 5.60. The number of imidazole rings is 2. The second-order valence-electron chi connectivity index (χ2n) is 9.51. The van der Waals surface area contributed by atoms with Gasteiger partial charge in [-0.05, 0) is 6.08 Å². The summed E-state index contributed by atoms with van der Waals surface area (Å²) >= 11 is 0. The molecule has 2 aliphatic rings. The van der Waals surface area contributed by atoms with Crippen LogP contribution in [0.15, 0.2) is 37.2 Å². The summed E-state index contributed by atoms with van der Waals surface area (Å²) in [7, 11) is -7.88. The first-order valence-electron chi connectivity index (χ1n) is 12.5. The number of aromatic nitrogens is 8. The van der Waals surface area contributed by atoms with Gasteiger partial charge >= 0.3 is 15.9 Å². The molecule has 2 unspecified atom stereocenters. The van der Waals surface area contributed by atoms with Crippen LogP contribution in [0.25, 0.3) is 22.3 Å². The molecule has 4 aromatic rings. The van der Waals surface area contributed by atoms with Gasteiger partial charge in [-0.2, -0.15) is 0 Å². The Bertz CT molecular complexity index is 1760. The molecule has 7 N–H and O–H groups in total. The molecule has 2 aliphatic heterocycles. The lowest BCUT2D eigenvalue weighted by molar-refractivity contribution is -0.0400. The second-order valence-corrected chi connectivity index (χ2v) is 11.8. The van der Waals surface area contributed by atoms with Crippen molar-refractivity contribution in [1.82, 2.24) is 39.0 Å². The third-order valence-electron chi connectivity index (χ3n) is 6.89. The summed E-state index contributed by atoms with van der Waals surface area (Å²) < 4.78 is 64.6. The molecule has 0 aromatic carbocycles. The minimum atomic E-state index is -4.60. The summed E-state index contributed by atoms with van der Waals surface area (Å²) in [4.78, 5) is 44.1. The largest absolute Gasteiger partial charge is 0.695 e. The molecule has 9 atom stereocenters. The molecule has 2 fully saturated rings. The van der Waals surface area contributed by atoms with Gasteiger partial charge in [-0.1, -0.05) is 0 Å². The monoisotopic (exact) mass is 641 g/mol. The summed E-state index contributed by atoms with van der Waals surface area (Å²) in [5.74, 6) is 0.926. The molecule has 6 rings (SSSR count). The van der Waals surface area contributed by atoms with Crippen LogP contribution in [0.2, 0.25) is 0 Å². The zero-order valence-corrected chi connectivity index (χ0v) is 23.5. The fourth-order valence-corrected chi connectivity index (χ4v) is 6.47. The molecule has 4 aromatic heterocycles. The second kappa shape index (κ2) is 11.5. The first-order chi connectivity index (χ1) is 20.6. The summed E-state index contributed by atoms with van der Waals surface area (Å²) in [5, 5.41) is 9.85. The molecule has 228 valence electrons. The number of hydrogen-bond donors (Lipinski definition) is 5. The molecule has 0 bridgehead atoms. The molecular weight excluding hydrogens is 617 g/mol. The number of rotatable bonds is 9. The van der Waals surface area contributed by atoms with Crippen LogP contribution >= 0.6 is 15.9 Å². The number of fused-ring (bicyclic) bond motifs is 2. The Morgan fingerprint density at radius 2 is 1.70 bits per heavy atom. The summed E-state index contributed by atoms with van der Waals surface area (Å²) in [6.45, 7) is -0.544. The van der Waals surface area contributed by atoms with Crippen molar-refractivity contribution in [2.45, 2.75) is 49.5 Å². The van der Waals surface area contributed by atoms with Gasteiger partial charge in [-0.25, -0.2) is 34.3 Å². The summed E-state index contributed by atoms with van der Waals surface area (Å²) in [5.41, 5.74) is 12.6. The molecule has 2 saturated heterocycles. The zero-order valence-electron chi connectivity index (χ0n) is 21.7. The van der Waals surface area contributed by atoms with Gasteiger partial charge in [0.2, 0.25) is 0 Å². The normalized spacial score (nSPS) is 29.6. The predicted octanol–water partition coefficient (Wildman–Crippen LogP) is 0.465. The van der Waals surface area contributed by atoms with E-state index in [1.165, 1.54) is 28.1 Å². The maximum Gasteiger partial charge on any atom is 0.695 e. The average Bonchev–Trinajstić information content (AvgIpc) is 3.73. The highest BCUT2D eigenvalue weighted by Crippen LogP contribution is 2.50. The summed E-state index contributed by atoms with van der Waals surface area (Å²) in [6, 6.07) is 0. The molecule has 0 saturated carbocycles. The Morgan fingerprint density at radius 3 is 2.33 bits per heavy atom. The highest BCUT2D eigenvalue weighted by Gasteiger charge is 2.51. The van der Waals surface area contributed by atoms with E-state index in [0.29, 0.717) is 11.2 Å². The zero-order chi connectivity index (χ0) is 30.5. The third-order valence-corrected chi connectivity index (χ3v) is 8.43. The number of aliphatic hydroxyl groups is 1. The fourth-order valence-electron chi connectivity index (χ4n) is 4.96. The molecular formula is C21H24FN10O9P2+. The van der Waals surface area contributed by atoms with E-state index in [9.17, 15) is 24.0 Å². The number of anilines is 2. The first kappa shape index (κ1) is 29.5. The Kier molecular flexibility index (Phi) is 7.88. The van der Waals surface area contributed by atoms with Gasteiger partial charge in [0, 0.05) is 16.8 Å². The van der Waals surface area contributed by atoms with Crippen molar-refractivity contribution in [2.75, 3.05) is 18.1 Å². The molecule has 0 spiro atoms. The molecule has 19 nitrogen and oxygen atoms in total. The molecule has 0 amide bonds. The van der Waals surface area contributed by atoms with Crippen molar-refractivity contribution in [2.24, 2.45) is 0 Å². The van der Waals surface area contributed by atoms with Crippen LogP contribution in [0, 0.1) is 0 Å². The van der Waals surface area contributed by atoms with E-state index in [4.69, 9.17) is 30.0 Å². The van der Waals surface area contributed by atoms with E-state index in [2.05, 4.69) is 29.9 Å². The SMILES string of the molecule is Nc1ncnc2c1ncn2[C@@H]1O[C@H](/C=C/P(=O)(O)O[C@H]2C[C@H](n3cnc4c(N)ncnc43)O[C@@H]2CO)[C@@H](O[P+](=O)O)[C@H]1F. The van der Waals surface area contributed by atoms with E-state index < -0.39 is 65.5 Å². The standard InChI is InChI=1S/C21H23FN10O9P2/c22-13-16(40-42(34)35)9(39-21(13)32-8-30-15-18(24)26-6-28-20(15)32)1-2-43(36,37)41-10-3-12(38-11(10)4-33)31-7-29-14-17(23)25-5-27-19(14)31/h1-2,5-13,16,21,33H,3-4H2,(H5-,23,24,25,26,27,28,34,35,36,37)/p+1/b2-1+/t9-,10+,11-,12-,13-,16-,21-/m1/s1. The topological polar surface area (TPSA) is 271 Å². The number of alkyl halides is 1. The van der Waals surface area contributed by atoms with Crippen molar-refractivity contribution in [1.29, 1.82) is 0 Å². The van der Waals surface area contributed by atoms with Crippen molar-refractivity contribution >= 4 is 49.8 Å². The van der Waals surface area contributed by atoms with Crippen LogP contribution in [0.3, 0.4) is 0 Å². The van der Waals surface area contributed by atoms with Crippen molar-refractivity contribution in [3.05, 3.63) is 37.2 Å². The number of nitrogens with two attached hydrogens (primary N) is 2. The van der Waals surface area contributed by atoms with Gasteiger partial charge in [0.05, 0.1) is 19.3 Å². The Balaban J connectivity index is 1.20. The Labute approximate surface area is 240 Å². The van der Waals surface area contributed by atoms with Crippen LogP contribution in [0.4, 0.5) is 16.0 Å². The van der Waals surface area contributed by atoms with Gasteiger partial charge in [0.25, 0.3) is 0 Å². The van der Waals surface area contributed by atoms with Gasteiger partial charge in [0.15, 0.2) is 41.4 Å². The minimum Gasteiger partial charge on any atom is -0.394 e. The lowest BCUT2D eigenvalue weighted by Crippen LogP contribution is -2.29. The van der Waals surface area contributed by atoms with E-state index >= 15 is 4.39 Å². The number of halogens is 1.